The number of fused-ring (bicyclic) bond motifs is 1. The summed E-state index contributed by atoms with van der Waals surface area (Å²) < 4.78 is 0. The van der Waals surface area contributed by atoms with Crippen LogP contribution in [0, 0.1) is 17.3 Å². The second-order valence-corrected chi connectivity index (χ2v) is 10.6. The monoisotopic (exact) mass is 440 g/mol. The highest BCUT2D eigenvalue weighted by molar-refractivity contribution is 5.40. The summed E-state index contributed by atoms with van der Waals surface area (Å²) in [5.41, 5.74) is 4.38. The van der Waals surface area contributed by atoms with Crippen molar-refractivity contribution in [3.8, 4) is 0 Å². The Morgan fingerprint density at radius 1 is 1.25 bits per heavy atom. The molecule has 0 bridgehead atoms. The van der Waals surface area contributed by atoms with Gasteiger partial charge < -0.3 is 15.3 Å². The molecule has 0 spiro atoms. The van der Waals surface area contributed by atoms with Crippen molar-refractivity contribution in [2.24, 2.45) is 17.3 Å². The van der Waals surface area contributed by atoms with Crippen LogP contribution in [0.2, 0.25) is 0 Å². The van der Waals surface area contributed by atoms with E-state index in [0.717, 1.165) is 43.3 Å². The van der Waals surface area contributed by atoms with Crippen LogP contribution in [0.3, 0.4) is 0 Å². The third-order valence-electron chi connectivity index (χ3n) is 8.60. The number of aliphatic hydroxyl groups is 3. The van der Waals surface area contributed by atoms with E-state index in [-0.39, 0.29) is 5.41 Å². The molecular formula is C29H44O3. The molecule has 3 rings (SSSR count). The Morgan fingerprint density at radius 3 is 2.66 bits per heavy atom. The largest absolute Gasteiger partial charge is 0.393 e. The molecule has 3 heteroatoms. The first-order chi connectivity index (χ1) is 15.1. The predicted octanol–water partition coefficient (Wildman–Crippen LogP) is 6.18. The van der Waals surface area contributed by atoms with Gasteiger partial charge in [0.05, 0.1) is 17.8 Å². The minimum Gasteiger partial charge on any atom is -0.393 e. The van der Waals surface area contributed by atoms with E-state index in [1.165, 1.54) is 18.4 Å². The first-order valence-corrected chi connectivity index (χ1v) is 12.7. The Bertz CT molecular complexity index is 810. The standard InChI is InChI=1S/C29H44O3/c1-6-29(32,7-2)17-8-10-20(3)25-14-15-26-22(11-9-16-28(25,26)5)12-13-23-18-24(30)19-27(31)21(23)4/h8,10,12-14,20,24,26-27,30-32H,4,6-7,9,11,15-19H2,1-3,5H3. The molecule has 3 aliphatic carbocycles. The van der Waals surface area contributed by atoms with Crippen LogP contribution in [0.5, 0.6) is 0 Å². The van der Waals surface area contributed by atoms with Crippen LogP contribution in [-0.2, 0) is 0 Å². The van der Waals surface area contributed by atoms with Crippen molar-refractivity contribution in [2.45, 2.75) is 103 Å². The Morgan fingerprint density at radius 2 is 1.97 bits per heavy atom. The van der Waals surface area contributed by atoms with Crippen LogP contribution in [0.15, 0.2) is 59.3 Å². The predicted molar refractivity (Wildman–Crippen MR) is 133 cm³/mol. The maximum Gasteiger partial charge on any atom is 0.0811 e. The summed E-state index contributed by atoms with van der Waals surface area (Å²) in [4.78, 5) is 0. The molecule has 0 aliphatic heterocycles. The third-order valence-corrected chi connectivity index (χ3v) is 8.60. The van der Waals surface area contributed by atoms with Gasteiger partial charge in [0.25, 0.3) is 0 Å². The molecule has 178 valence electrons. The van der Waals surface area contributed by atoms with E-state index in [1.54, 1.807) is 5.57 Å². The van der Waals surface area contributed by atoms with E-state index in [2.05, 4.69) is 64.7 Å². The van der Waals surface area contributed by atoms with Gasteiger partial charge in [-0.2, -0.15) is 0 Å². The quantitative estimate of drug-likeness (QED) is 0.414. The van der Waals surface area contributed by atoms with Gasteiger partial charge in [0.15, 0.2) is 0 Å². The number of allylic oxidation sites excluding steroid dienone is 6. The summed E-state index contributed by atoms with van der Waals surface area (Å²) in [5, 5.41) is 30.8. The molecule has 0 radical (unpaired) electrons. The molecule has 0 amide bonds. The van der Waals surface area contributed by atoms with Gasteiger partial charge in [-0.3, -0.25) is 0 Å². The van der Waals surface area contributed by atoms with Crippen LogP contribution >= 0.6 is 0 Å². The zero-order valence-electron chi connectivity index (χ0n) is 20.6. The Balaban J connectivity index is 1.73. The van der Waals surface area contributed by atoms with Crippen LogP contribution < -0.4 is 0 Å². The molecule has 0 aromatic heterocycles. The lowest BCUT2D eigenvalue weighted by Gasteiger charge is -2.42. The van der Waals surface area contributed by atoms with E-state index in [4.69, 9.17) is 0 Å². The molecule has 5 atom stereocenters. The fourth-order valence-corrected chi connectivity index (χ4v) is 6.16. The van der Waals surface area contributed by atoms with Crippen molar-refractivity contribution in [2.75, 3.05) is 0 Å². The third kappa shape index (κ3) is 5.21. The normalized spacial score (nSPS) is 34.9. The first kappa shape index (κ1) is 25.2. The van der Waals surface area contributed by atoms with Crippen molar-refractivity contribution in [3.05, 3.63) is 59.3 Å². The van der Waals surface area contributed by atoms with Crippen LogP contribution in [0.25, 0.3) is 0 Å². The van der Waals surface area contributed by atoms with Gasteiger partial charge in [-0.1, -0.05) is 75.8 Å². The van der Waals surface area contributed by atoms with Crippen LogP contribution in [0.1, 0.15) is 85.5 Å². The maximum atomic E-state index is 10.6. The second kappa shape index (κ2) is 10.2. The number of rotatable bonds is 7. The van der Waals surface area contributed by atoms with Crippen molar-refractivity contribution in [1.29, 1.82) is 0 Å². The lowest BCUT2D eigenvalue weighted by molar-refractivity contribution is 0.0352. The molecule has 32 heavy (non-hydrogen) atoms. The molecule has 0 heterocycles. The topological polar surface area (TPSA) is 60.7 Å². The van der Waals surface area contributed by atoms with Crippen molar-refractivity contribution in [1.82, 2.24) is 0 Å². The van der Waals surface area contributed by atoms with Crippen LogP contribution in [0.4, 0.5) is 0 Å². The van der Waals surface area contributed by atoms with Gasteiger partial charge in [-0.15, -0.1) is 0 Å². The Labute approximate surface area is 195 Å². The number of aliphatic hydroxyl groups excluding tert-OH is 2. The molecule has 3 N–H and O–H groups in total. The molecule has 2 fully saturated rings. The lowest BCUT2D eigenvalue weighted by Crippen LogP contribution is -2.32. The van der Waals surface area contributed by atoms with E-state index >= 15 is 0 Å². The van der Waals surface area contributed by atoms with E-state index in [9.17, 15) is 15.3 Å². The van der Waals surface area contributed by atoms with Crippen molar-refractivity contribution >= 4 is 0 Å². The molecule has 3 aliphatic rings. The molecule has 2 saturated carbocycles. The lowest BCUT2D eigenvalue weighted by atomic mass is 9.62. The number of hydrogen-bond acceptors (Lipinski definition) is 3. The summed E-state index contributed by atoms with van der Waals surface area (Å²) in [6, 6.07) is 0. The van der Waals surface area contributed by atoms with E-state index in [0.29, 0.717) is 24.7 Å². The Kier molecular flexibility index (Phi) is 8.06. The number of hydrogen-bond donors (Lipinski definition) is 3. The minimum atomic E-state index is -0.634. The molecule has 0 saturated heterocycles. The van der Waals surface area contributed by atoms with Gasteiger partial charge in [0, 0.05) is 6.42 Å². The SMILES string of the molecule is C=C1C(=CC=C2CCCC3(C)C(C(C)C=CCC(O)(CC)CC)=CCC23)CC(O)CC1O. The smallest absolute Gasteiger partial charge is 0.0811 e. The van der Waals surface area contributed by atoms with Gasteiger partial charge >= 0.3 is 0 Å². The molecule has 5 unspecified atom stereocenters. The average Bonchev–Trinajstić information content (AvgIpc) is 3.12. The van der Waals surface area contributed by atoms with Gasteiger partial charge in [-0.25, -0.2) is 0 Å². The maximum absolute atomic E-state index is 10.6. The van der Waals surface area contributed by atoms with Gasteiger partial charge in [0.1, 0.15) is 0 Å². The molecular weight excluding hydrogens is 396 g/mol. The zero-order valence-corrected chi connectivity index (χ0v) is 20.6. The summed E-state index contributed by atoms with van der Waals surface area (Å²) in [7, 11) is 0. The van der Waals surface area contributed by atoms with Crippen molar-refractivity contribution in [3.63, 3.8) is 0 Å². The van der Waals surface area contributed by atoms with Crippen molar-refractivity contribution < 1.29 is 15.3 Å². The zero-order chi connectivity index (χ0) is 23.5. The highest BCUT2D eigenvalue weighted by Gasteiger charge is 2.45. The molecule has 0 aromatic carbocycles. The summed E-state index contributed by atoms with van der Waals surface area (Å²) in [6.45, 7) is 12.9. The highest BCUT2D eigenvalue weighted by Crippen LogP contribution is 2.56. The summed E-state index contributed by atoms with van der Waals surface area (Å²) in [5.74, 6) is 0.901. The second-order valence-electron chi connectivity index (χ2n) is 10.6. The summed E-state index contributed by atoms with van der Waals surface area (Å²) in [6.07, 6.45) is 18.1. The summed E-state index contributed by atoms with van der Waals surface area (Å²) >= 11 is 0. The van der Waals surface area contributed by atoms with E-state index in [1.807, 2.05) is 0 Å². The fourth-order valence-electron chi connectivity index (χ4n) is 6.16. The highest BCUT2D eigenvalue weighted by atomic mass is 16.3. The molecule has 3 nitrogen and oxygen atoms in total. The molecule has 0 aromatic rings. The fraction of sp³-hybridized carbons (Fsp3) is 0.655. The van der Waals surface area contributed by atoms with E-state index < -0.39 is 17.8 Å². The Hall–Kier alpha value is -1.42. The average molecular weight is 441 g/mol. The van der Waals surface area contributed by atoms with Crippen LogP contribution in [-0.4, -0.2) is 33.1 Å². The van der Waals surface area contributed by atoms with Gasteiger partial charge in [0.2, 0.25) is 0 Å². The minimum absolute atomic E-state index is 0.181. The van der Waals surface area contributed by atoms with Gasteiger partial charge in [-0.05, 0) is 79.8 Å². The first-order valence-electron chi connectivity index (χ1n) is 12.7.